The number of nitrogens with one attached hydrogen (secondary N) is 1. The van der Waals surface area contributed by atoms with Crippen LogP contribution in [-0.2, 0) is 32.6 Å². The van der Waals surface area contributed by atoms with Crippen LogP contribution in [-0.4, -0.2) is 44.3 Å². The molecular formula is C36H40BrN3O4S. The van der Waals surface area contributed by atoms with Gasteiger partial charge in [-0.1, -0.05) is 102 Å². The van der Waals surface area contributed by atoms with Crippen molar-refractivity contribution in [2.24, 2.45) is 5.92 Å². The van der Waals surface area contributed by atoms with E-state index in [2.05, 4.69) is 21.2 Å². The Labute approximate surface area is 275 Å². The monoisotopic (exact) mass is 689 g/mol. The number of aryl methyl sites for hydroxylation is 2. The van der Waals surface area contributed by atoms with Gasteiger partial charge >= 0.3 is 0 Å². The molecule has 0 saturated heterocycles. The van der Waals surface area contributed by atoms with E-state index in [1.807, 2.05) is 82.3 Å². The number of amides is 2. The minimum absolute atomic E-state index is 0.0739. The first-order valence-electron chi connectivity index (χ1n) is 15.0. The average Bonchev–Trinajstić information content (AvgIpc) is 3.02. The lowest BCUT2D eigenvalue weighted by atomic mass is 10.0. The van der Waals surface area contributed by atoms with Crippen molar-refractivity contribution in [3.63, 3.8) is 0 Å². The Balaban J connectivity index is 1.80. The molecule has 0 radical (unpaired) electrons. The SMILES string of the molecule is Cc1ccc(S(=O)(=O)N(CC(=O)N(Cc2ccccc2C)[C@@H](Cc2ccccc2)C(=O)NCC(C)C)c2ccc(Br)cc2)cc1. The fourth-order valence-corrected chi connectivity index (χ4v) is 6.60. The van der Waals surface area contributed by atoms with Crippen LogP contribution in [0.4, 0.5) is 5.69 Å². The first-order chi connectivity index (χ1) is 21.5. The summed E-state index contributed by atoms with van der Waals surface area (Å²) in [6.07, 6.45) is 0.269. The Kier molecular flexibility index (Phi) is 11.6. The number of anilines is 1. The maximum Gasteiger partial charge on any atom is 0.264 e. The molecule has 0 aliphatic heterocycles. The minimum atomic E-state index is -4.15. The summed E-state index contributed by atoms with van der Waals surface area (Å²) in [6.45, 7) is 7.95. The predicted molar refractivity (Wildman–Crippen MR) is 183 cm³/mol. The Bertz CT molecular complexity index is 1690. The Hall–Kier alpha value is -3.95. The molecule has 0 aliphatic carbocycles. The van der Waals surface area contributed by atoms with Gasteiger partial charge in [-0.3, -0.25) is 13.9 Å². The van der Waals surface area contributed by atoms with Gasteiger partial charge in [0.25, 0.3) is 10.0 Å². The summed E-state index contributed by atoms with van der Waals surface area (Å²) < 4.78 is 30.2. The van der Waals surface area contributed by atoms with Crippen LogP contribution in [0.5, 0.6) is 0 Å². The van der Waals surface area contributed by atoms with Crippen molar-refractivity contribution < 1.29 is 18.0 Å². The third-order valence-corrected chi connectivity index (χ3v) is 9.88. The van der Waals surface area contributed by atoms with Crippen molar-refractivity contribution in [1.82, 2.24) is 10.2 Å². The molecule has 0 aromatic heterocycles. The van der Waals surface area contributed by atoms with Crippen LogP contribution in [0.25, 0.3) is 0 Å². The zero-order valence-electron chi connectivity index (χ0n) is 26.1. The van der Waals surface area contributed by atoms with E-state index in [4.69, 9.17) is 0 Å². The van der Waals surface area contributed by atoms with Crippen molar-refractivity contribution in [2.75, 3.05) is 17.4 Å². The molecule has 7 nitrogen and oxygen atoms in total. The van der Waals surface area contributed by atoms with Gasteiger partial charge in [-0.25, -0.2) is 8.42 Å². The smallest absolute Gasteiger partial charge is 0.264 e. The highest BCUT2D eigenvalue weighted by molar-refractivity contribution is 9.10. The molecule has 0 spiro atoms. The minimum Gasteiger partial charge on any atom is -0.354 e. The maximum absolute atomic E-state index is 14.5. The van der Waals surface area contributed by atoms with Crippen molar-refractivity contribution >= 4 is 43.5 Å². The first kappa shape index (κ1) is 33.9. The van der Waals surface area contributed by atoms with Crippen LogP contribution in [0.1, 0.15) is 36.1 Å². The molecule has 2 amide bonds. The summed E-state index contributed by atoms with van der Waals surface area (Å²) in [5.41, 5.74) is 3.99. The summed E-state index contributed by atoms with van der Waals surface area (Å²) in [4.78, 5) is 30.0. The first-order valence-corrected chi connectivity index (χ1v) is 17.2. The molecule has 1 atom stereocenters. The third-order valence-electron chi connectivity index (χ3n) is 7.56. The number of nitrogens with zero attached hydrogens (tertiary/aromatic N) is 2. The quantitative estimate of drug-likeness (QED) is 0.170. The predicted octanol–water partition coefficient (Wildman–Crippen LogP) is 6.67. The van der Waals surface area contributed by atoms with E-state index in [9.17, 15) is 18.0 Å². The van der Waals surface area contributed by atoms with Gasteiger partial charge in [-0.05, 0) is 72.9 Å². The summed E-state index contributed by atoms with van der Waals surface area (Å²) in [5.74, 6) is -0.567. The molecule has 236 valence electrons. The maximum atomic E-state index is 14.5. The van der Waals surface area contributed by atoms with Crippen LogP contribution in [0, 0.1) is 19.8 Å². The normalized spacial score (nSPS) is 12.0. The molecule has 0 saturated carbocycles. The Morgan fingerprint density at radius 1 is 0.822 bits per heavy atom. The van der Waals surface area contributed by atoms with E-state index in [1.54, 1.807) is 48.5 Å². The number of carbonyl (C=O) groups excluding carboxylic acids is 2. The highest BCUT2D eigenvalue weighted by atomic mass is 79.9. The van der Waals surface area contributed by atoms with Crippen molar-refractivity contribution in [2.45, 2.75) is 51.6 Å². The van der Waals surface area contributed by atoms with E-state index < -0.39 is 28.5 Å². The van der Waals surface area contributed by atoms with Gasteiger partial charge in [0.1, 0.15) is 12.6 Å². The van der Waals surface area contributed by atoms with Gasteiger partial charge in [0.05, 0.1) is 10.6 Å². The van der Waals surface area contributed by atoms with E-state index in [0.717, 1.165) is 31.0 Å². The number of carbonyl (C=O) groups is 2. The molecule has 0 heterocycles. The fourth-order valence-electron chi connectivity index (χ4n) is 4.92. The third kappa shape index (κ3) is 9.05. The number of rotatable bonds is 13. The number of halogens is 1. The summed E-state index contributed by atoms with van der Waals surface area (Å²) in [5, 5.41) is 3.02. The van der Waals surface area contributed by atoms with Gasteiger partial charge < -0.3 is 10.2 Å². The topological polar surface area (TPSA) is 86.8 Å². The standard InChI is InChI=1S/C36H40BrN3O4S/c1-26(2)23-38-36(42)34(22-29-11-6-5-7-12-29)39(24-30-13-9-8-10-28(30)4)35(41)25-40(32-18-16-31(37)17-19-32)45(43,44)33-20-14-27(3)15-21-33/h5-21,26,34H,22-25H2,1-4H3,(H,38,42)/t34-/m0/s1. The number of benzene rings is 4. The van der Waals surface area contributed by atoms with Gasteiger partial charge in [0.15, 0.2) is 0 Å². The summed E-state index contributed by atoms with van der Waals surface area (Å²) >= 11 is 3.42. The molecule has 4 aromatic carbocycles. The summed E-state index contributed by atoms with van der Waals surface area (Å²) in [6, 6.07) is 29.7. The zero-order chi connectivity index (χ0) is 32.6. The van der Waals surface area contributed by atoms with Crippen LogP contribution >= 0.6 is 15.9 Å². The highest BCUT2D eigenvalue weighted by Gasteiger charge is 2.34. The molecule has 0 aliphatic rings. The summed E-state index contributed by atoms with van der Waals surface area (Å²) in [7, 11) is -4.15. The molecule has 4 rings (SSSR count). The molecular weight excluding hydrogens is 650 g/mol. The lowest BCUT2D eigenvalue weighted by Crippen LogP contribution is -2.53. The lowest BCUT2D eigenvalue weighted by Gasteiger charge is -2.34. The van der Waals surface area contributed by atoms with Crippen LogP contribution in [0.2, 0.25) is 0 Å². The van der Waals surface area contributed by atoms with Crippen LogP contribution in [0.15, 0.2) is 112 Å². The second kappa shape index (κ2) is 15.4. The molecule has 9 heteroatoms. The van der Waals surface area contributed by atoms with Crippen molar-refractivity contribution in [3.05, 3.63) is 130 Å². The molecule has 0 fully saturated rings. The number of hydrogen-bond donors (Lipinski definition) is 1. The van der Waals surface area contributed by atoms with Crippen LogP contribution < -0.4 is 9.62 Å². The van der Waals surface area contributed by atoms with Gasteiger partial charge in [0.2, 0.25) is 11.8 Å². The van der Waals surface area contributed by atoms with E-state index in [-0.39, 0.29) is 29.7 Å². The van der Waals surface area contributed by atoms with Crippen molar-refractivity contribution in [1.29, 1.82) is 0 Å². The molecule has 0 bridgehead atoms. The van der Waals surface area contributed by atoms with Gasteiger partial charge in [-0.15, -0.1) is 0 Å². The van der Waals surface area contributed by atoms with Gasteiger partial charge in [0, 0.05) is 24.0 Å². The Morgan fingerprint density at radius 3 is 2.07 bits per heavy atom. The molecule has 0 unspecified atom stereocenters. The largest absolute Gasteiger partial charge is 0.354 e. The fraction of sp³-hybridized carbons (Fsp3) is 0.278. The molecule has 45 heavy (non-hydrogen) atoms. The second-order valence-electron chi connectivity index (χ2n) is 11.6. The number of hydrogen-bond acceptors (Lipinski definition) is 4. The second-order valence-corrected chi connectivity index (χ2v) is 14.4. The lowest BCUT2D eigenvalue weighted by molar-refractivity contribution is -0.140. The van der Waals surface area contributed by atoms with E-state index >= 15 is 0 Å². The van der Waals surface area contributed by atoms with Crippen molar-refractivity contribution in [3.8, 4) is 0 Å². The zero-order valence-corrected chi connectivity index (χ0v) is 28.5. The highest BCUT2D eigenvalue weighted by Crippen LogP contribution is 2.27. The Morgan fingerprint density at radius 2 is 1.44 bits per heavy atom. The molecule has 1 N–H and O–H groups in total. The van der Waals surface area contributed by atoms with Crippen LogP contribution in [0.3, 0.4) is 0 Å². The van der Waals surface area contributed by atoms with Gasteiger partial charge in [-0.2, -0.15) is 0 Å². The average molecular weight is 691 g/mol. The van der Waals surface area contributed by atoms with E-state index in [1.165, 1.54) is 4.90 Å². The number of sulfonamides is 1. The van der Waals surface area contributed by atoms with E-state index in [0.29, 0.717) is 12.2 Å². The molecule has 4 aromatic rings.